The van der Waals surface area contributed by atoms with Crippen LogP contribution in [0.2, 0.25) is 0 Å². The van der Waals surface area contributed by atoms with E-state index in [1.165, 1.54) is 12.1 Å². The van der Waals surface area contributed by atoms with Gasteiger partial charge in [0, 0.05) is 16.8 Å². The summed E-state index contributed by atoms with van der Waals surface area (Å²) in [4.78, 5) is 23.9. The molecule has 0 aliphatic carbocycles. The predicted molar refractivity (Wildman–Crippen MR) is 88.8 cm³/mol. The molecule has 2 aromatic carbocycles. The zero-order chi connectivity index (χ0) is 17.7. The zero-order valence-corrected chi connectivity index (χ0v) is 13.5. The third-order valence-electron chi connectivity index (χ3n) is 3.90. The highest BCUT2D eigenvalue weighted by molar-refractivity contribution is 6.08. The minimum absolute atomic E-state index is 0.00554. The van der Waals surface area contributed by atoms with Crippen LogP contribution in [0.3, 0.4) is 0 Å². The van der Waals surface area contributed by atoms with Crippen LogP contribution in [-0.2, 0) is 0 Å². The number of ether oxygens (including phenoxy) is 3. The van der Waals surface area contributed by atoms with Crippen molar-refractivity contribution in [2.45, 2.75) is 20.0 Å². The van der Waals surface area contributed by atoms with Crippen LogP contribution in [0.4, 0.5) is 0 Å². The molecule has 0 atom stereocenters. The van der Waals surface area contributed by atoms with E-state index >= 15 is 0 Å². The molecule has 0 amide bonds. The number of hydrogen-bond donors (Lipinski definition) is 1. The smallest absolute Gasteiger partial charge is 0.344 e. The molecule has 1 N–H and O–H groups in total. The molecule has 2 heterocycles. The second-order valence-electron chi connectivity index (χ2n) is 5.96. The molecule has 0 fully saturated rings. The zero-order valence-electron chi connectivity index (χ0n) is 13.5. The molecule has 0 bridgehead atoms. The molecular weight excluding hydrogens is 328 g/mol. The molecule has 1 aliphatic rings. The molecule has 3 aromatic rings. The number of rotatable bonds is 3. The summed E-state index contributed by atoms with van der Waals surface area (Å²) < 4.78 is 21.6. The molecule has 7 heteroatoms. The molecule has 7 nitrogen and oxygen atoms in total. The van der Waals surface area contributed by atoms with Crippen LogP contribution in [0.25, 0.3) is 21.7 Å². The summed E-state index contributed by atoms with van der Waals surface area (Å²) in [5.74, 6) is -0.0213. The van der Waals surface area contributed by atoms with Gasteiger partial charge in [0.05, 0.1) is 11.5 Å². The van der Waals surface area contributed by atoms with Crippen LogP contribution in [0.15, 0.2) is 33.5 Å². The number of carboxylic acids is 1. The molecular formula is C18H14O7. The third kappa shape index (κ3) is 2.44. The van der Waals surface area contributed by atoms with Crippen LogP contribution < -0.4 is 19.8 Å². The van der Waals surface area contributed by atoms with Crippen molar-refractivity contribution < 1.29 is 28.5 Å². The molecule has 1 aliphatic heterocycles. The lowest BCUT2D eigenvalue weighted by Gasteiger charge is -2.13. The Balaban J connectivity index is 2.08. The van der Waals surface area contributed by atoms with E-state index in [-0.39, 0.29) is 29.8 Å². The Morgan fingerprint density at radius 1 is 1.08 bits per heavy atom. The van der Waals surface area contributed by atoms with Crippen LogP contribution in [-0.4, -0.2) is 24.0 Å². The quantitative estimate of drug-likeness (QED) is 0.577. The van der Waals surface area contributed by atoms with Crippen LogP contribution in [0.1, 0.15) is 24.2 Å². The van der Waals surface area contributed by atoms with E-state index in [0.717, 1.165) is 0 Å². The van der Waals surface area contributed by atoms with Gasteiger partial charge in [-0.3, -0.25) is 0 Å². The van der Waals surface area contributed by atoms with Crippen molar-refractivity contribution in [2.24, 2.45) is 0 Å². The first kappa shape index (κ1) is 15.3. The molecule has 0 saturated carbocycles. The number of hydrogen-bond acceptors (Lipinski definition) is 6. The Kier molecular flexibility index (Phi) is 3.31. The van der Waals surface area contributed by atoms with Crippen molar-refractivity contribution >= 4 is 27.7 Å². The van der Waals surface area contributed by atoms with Crippen molar-refractivity contribution in [3.05, 3.63) is 40.2 Å². The number of carbonyl (C=O) groups is 1. The fourth-order valence-electron chi connectivity index (χ4n) is 2.86. The summed E-state index contributed by atoms with van der Waals surface area (Å²) in [7, 11) is 0. The molecule has 0 radical (unpaired) electrons. The first-order valence-corrected chi connectivity index (χ1v) is 7.68. The standard InChI is InChI=1S/C18H14O7/c1-8(2)24-14-6-13-10(3-12(14)17(19)20)9-4-15-16(23-7-22-15)5-11(9)18(21)25-13/h3-6,8H,7H2,1-2H3,(H,19,20). The van der Waals surface area contributed by atoms with Gasteiger partial charge in [-0.25, -0.2) is 9.59 Å². The molecule has 0 saturated heterocycles. The maximum atomic E-state index is 12.3. The maximum absolute atomic E-state index is 12.3. The van der Waals surface area contributed by atoms with Gasteiger partial charge in [0.2, 0.25) is 6.79 Å². The van der Waals surface area contributed by atoms with Gasteiger partial charge in [0.1, 0.15) is 16.9 Å². The number of carboxylic acid groups (broad SMARTS) is 1. The van der Waals surface area contributed by atoms with E-state index in [1.54, 1.807) is 26.0 Å². The van der Waals surface area contributed by atoms with Gasteiger partial charge >= 0.3 is 11.6 Å². The Hall–Kier alpha value is -3.22. The Morgan fingerprint density at radius 3 is 2.40 bits per heavy atom. The molecule has 0 unspecified atom stereocenters. The number of fused-ring (bicyclic) bond motifs is 4. The molecule has 4 rings (SSSR count). The first-order chi connectivity index (χ1) is 11.9. The van der Waals surface area contributed by atoms with Gasteiger partial charge in [0.15, 0.2) is 11.5 Å². The summed E-state index contributed by atoms with van der Waals surface area (Å²) in [6.45, 7) is 3.64. The Labute approximate surface area is 141 Å². The maximum Gasteiger partial charge on any atom is 0.344 e. The van der Waals surface area contributed by atoms with Gasteiger partial charge in [0.25, 0.3) is 0 Å². The monoisotopic (exact) mass is 342 g/mol. The molecule has 128 valence electrons. The van der Waals surface area contributed by atoms with E-state index < -0.39 is 11.6 Å². The van der Waals surface area contributed by atoms with Crippen molar-refractivity contribution in [2.75, 3.05) is 6.79 Å². The van der Waals surface area contributed by atoms with Gasteiger partial charge in [-0.15, -0.1) is 0 Å². The lowest BCUT2D eigenvalue weighted by molar-refractivity contribution is 0.0691. The van der Waals surface area contributed by atoms with E-state index in [9.17, 15) is 14.7 Å². The average Bonchev–Trinajstić information content (AvgIpc) is 2.99. The summed E-state index contributed by atoms with van der Waals surface area (Å²) in [5, 5.41) is 10.8. The van der Waals surface area contributed by atoms with Crippen molar-refractivity contribution in [1.29, 1.82) is 0 Å². The van der Waals surface area contributed by atoms with Crippen LogP contribution >= 0.6 is 0 Å². The molecule has 0 spiro atoms. The summed E-state index contributed by atoms with van der Waals surface area (Å²) >= 11 is 0. The van der Waals surface area contributed by atoms with Crippen molar-refractivity contribution in [1.82, 2.24) is 0 Å². The van der Waals surface area contributed by atoms with Gasteiger partial charge in [-0.1, -0.05) is 0 Å². The van der Waals surface area contributed by atoms with Crippen LogP contribution in [0, 0.1) is 0 Å². The van der Waals surface area contributed by atoms with Gasteiger partial charge in [-0.05, 0) is 32.0 Å². The average molecular weight is 342 g/mol. The minimum Gasteiger partial charge on any atom is -0.490 e. The normalized spacial score (nSPS) is 12.9. The summed E-state index contributed by atoms with van der Waals surface area (Å²) in [6, 6.07) is 6.08. The van der Waals surface area contributed by atoms with Crippen LogP contribution in [0.5, 0.6) is 17.2 Å². The van der Waals surface area contributed by atoms with Crippen molar-refractivity contribution in [3.63, 3.8) is 0 Å². The highest BCUT2D eigenvalue weighted by atomic mass is 16.7. The van der Waals surface area contributed by atoms with E-state index in [2.05, 4.69) is 0 Å². The third-order valence-corrected chi connectivity index (χ3v) is 3.90. The van der Waals surface area contributed by atoms with E-state index in [0.29, 0.717) is 27.7 Å². The number of benzene rings is 2. The van der Waals surface area contributed by atoms with Gasteiger partial charge in [-0.2, -0.15) is 0 Å². The molecule has 25 heavy (non-hydrogen) atoms. The highest BCUT2D eigenvalue weighted by Gasteiger charge is 2.21. The fraction of sp³-hybridized carbons (Fsp3) is 0.222. The minimum atomic E-state index is -1.13. The largest absolute Gasteiger partial charge is 0.490 e. The summed E-state index contributed by atoms with van der Waals surface area (Å²) in [6.07, 6.45) is -0.225. The summed E-state index contributed by atoms with van der Waals surface area (Å²) in [5.41, 5.74) is -0.301. The lowest BCUT2D eigenvalue weighted by Crippen LogP contribution is -2.10. The number of aromatic carboxylic acids is 1. The van der Waals surface area contributed by atoms with Gasteiger partial charge < -0.3 is 23.7 Å². The van der Waals surface area contributed by atoms with E-state index in [4.69, 9.17) is 18.6 Å². The second-order valence-corrected chi connectivity index (χ2v) is 5.96. The highest BCUT2D eigenvalue weighted by Crippen LogP contribution is 2.38. The molecule has 1 aromatic heterocycles. The second kappa shape index (κ2) is 5.41. The topological polar surface area (TPSA) is 95.2 Å². The Bertz CT molecular complexity index is 1080. The first-order valence-electron chi connectivity index (χ1n) is 7.68. The van der Waals surface area contributed by atoms with Crippen molar-refractivity contribution in [3.8, 4) is 17.2 Å². The SMILES string of the molecule is CC(C)Oc1cc2oc(=O)c3cc4c(cc3c2cc1C(=O)O)OCO4. The Morgan fingerprint density at radius 2 is 1.76 bits per heavy atom. The lowest BCUT2D eigenvalue weighted by atomic mass is 10.0. The fourth-order valence-corrected chi connectivity index (χ4v) is 2.86. The predicted octanol–water partition coefficient (Wildman–Crippen LogP) is 3.16. The van der Waals surface area contributed by atoms with E-state index in [1.807, 2.05) is 0 Å².